The van der Waals surface area contributed by atoms with Crippen LogP contribution >= 0.6 is 11.6 Å². The molecular formula is C13H21ClO. The van der Waals surface area contributed by atoms with Crippen molar-refractivity contribution in [2.24, 2.45) is 5.92 Å². The van der Waals surface area contributed by atoms with Gasteiger partial charge in [-0.05, 0) is 37.7 Å². The van der Waals surface area contributed by atoms with Crippen LogP contribution in [0.2, 0.25) is 0 Å². The van der Waals surface area contributed by atoms with Gasteiger partial charge < -0.3 is 0 Å². The summed E-state index contributed by atoms with van der Waals surface area (Å²) in [5.41, 5.74) is 0. The summed E-state index contributed by atoms with van der Waals surface area (Å²) >= 11 is 6.01. The number of carbonyl (C=O) groups excluding carboxylic acids is 1. The Morgan fingerprint density at radius 1 is 1.40 bits per heavy atom. The van der Waals surface area contributed by atoms with Crippen molar-refractivity contribution in [1.82, 2.24) is 0 Å². The Kier molecular flexibility index (Phi) is 6.00. The Labute approximate surface area is 97.9 Å². The molecule has 0 heterocycles. The molecule has 2 heteroatoms. The molecule has 86 valence electrons. The maximum absolute atomic E-state index is 11.4. The van der Waals surface area contributed by atoms with E-state index in [0.717, 1.165) is 32.1 Å². The molecule has 0 aromatic heterocycles. The average Bonchev–Trinajstić information content (AvgIpc) is 2.62. The highest BCUT2D eigenvalue weighted by Crippen LogP contribution is 2.30. The Balaban J connectivity index is 2.16. The molecule has 1 saturated carbocycles. The first-order chi connectivity index (χ1) is 7.22. The zero-order valence-electron chi connectivity index (χ0n) is 9.55. The second-order valence-corrected chi connectivity index (χ2v) is 5.07. The highest BCUT2D eigenvalue weighted by molar-refractivity contribution is 6.20. The van der Waals surface area contributed by atoms with Crippen molar-refractivity contribution in [2.75, 3.05) is 0 Å². The molecule has 0 aliphatic heterocycles. The van der Waals surface area contributed by atoms with Crippen LogP contribution in [-0.2, 0) is 4.79 Å². The summed E-state index contributed by atoms with van der Waals surface area (Å²) in [6.45, 7) is 2.15. The number of hydrogen-bond donors (Lipinski definition) is 0. The first-order valence-corrected chi connectivity index (χ1v) is 6.51. The number of hydrogen-bond acceptors (Lipinski definition) is 1. The fraction of sp³-hybridized carbons (Fsp3) is 0.769. The predicted octanol–water partition coefficient (Wildman–Crippen LogP) is 4.10. The zero-order chi connectivity index (χ0) is 11.1. The van der Waals surface area contributed by atoms with Crippen LogP contribution in [0.5, 0.6) is 0 Å². The number of rotatable bonds is 6. The topological polar surface area (TPSA) is 17.1 Å². The summed E-state index contributed by atoms with van der Waals surface area (Å²) in [6, 6.07) is 0. The Bertz CT molecular complexity index is 223. The van der Waals surface area contributed by atoms with Crippen LogP contribution in [0.15, 0.2) is 12.2 Å². The molecule has 0 N–H and O–H groups in total. The summed E-state index contributed by atoms with van der Waals surface area (Å²) in [5, 5.41) is 0.329. The van der Waals surface area contributed by atoms with Gasteiger partial charge in [0.2, 0.25) is 0 Å². The van der Waals surface area contributed by atoms with E-state index in [1.807, 2.05) is 0 Å². The largest absolute Gasteiger partial charge is 0.295 e. The van der Waals surface area contributed by atoms with Crippen molar-refractivity contribution in [3.8, 4) is 0 Å². The molecule has 1 rings (SSSR count). The van der Waals surface area contributed by atoms with E-state index in [4.69, 9.17) is 11.6 Å². The Morgan fingerprint density at radius 2 is 2.20 bits per heavy atom. The van der Waals surface area contributed by atoms with Gasteiger partial charge >= 0.3 is 0 Å². The van der Waals surface area contributed by atoms with Crippen LogP contribution in [-0.4, -0.2) is 11.2 Å². The fourth-order valence-electron chi connectivity index (χ4n) is 2.01. The molecule has 1 aliphatic carbocycles. The summed E-state index contributed by atoms with van der Waals surface area (Å²) in [4.78, 5) is 11.4. The zero-order valence-corrected chi connectivity index (χ0v) is 10.3. The van der Waals surface area contributed by atoms with Gasteiger partial charge in [-0.2, -0.15) is 0 Å². The van der Waals surface area contributed by atoms with Crippen molar-refractivity contribution >= 4 is 17.4 Å². The highest BCUT2D eigenvalue weighted by atomic mass is 35.5. The van der Waals surface area contributed by atoms with Crippen molar-refractivity contribution in [3.63, 3.8) is 0 Å². The SMILES string of the molecule is CCCCCC(=O)/C=C/[C@H]1CC[C@@H](Cl)C1. The van der Waals surface area contributed by atoms with Crippen LogP contribution in [0.1, 0.15) is 51.9 Å². The quantitative estimate of drug-likeness (QED) is 0.380. The number of carbonyl (C=O) groups is 1. The first-order valence-electron chi connectivity index (χ1n) is 6.07. The molecule has 2 atom stereocenters. The maximum atomic E-state index is 11.4. The molecule has 15 heavy (non-hydrogen) atoms. The van der Waals surface area contributed by atoms with E-state index < -0.39 is 0 Å². The molecule has 1 aliphatic rings. The fourth-order valence-corrected chi connectivity index (χ4v) is 2.36. The standard InChI is InChI=1S/C13H21ClO/c1-2-3-4-5-13(15)9-7-11-6-8-12(14)10-11/h7,9,11-12H,2-6,8,10H2,1H3/b9-7+/t11-,12-/m1/s1. The first kappa shape index (κ1) is 12.8. The third-order valence-corrected chi connectivity index (χ3v) is 3.39. The second kappa shape index (κ2) is 7.05. The number of alkyl halides is 1. The van der Waals surface area contributed by atoms with Gasteiger partial charge in [-0.25, -0.2) is 0 Å². The van der Waals surface area contributed by atoms with Crippen LogP contribution < -0.4 is 0 Å². The summed E-state index contributed by atoms with van der Waals surface area (Å²) in [5.74, 6) is 0.823. The van der Waals surface area contributed by atoms with Crippen LogP contribution in [0, 0.1) is 5.92 Å². The minimum absolute atomic E-state index is 0.279. The molecule has 1 fully saturated rings. The lowest BCUT2D eigenvalue weighted by Gasteiger charge is -2.00. The molecule has 0 aromatic rings. The van der Waals surface area contributed by atoms with Gasteiger partial charge in [0.25, 0.3) is 0 Å². The molecule has 0 spiro atoms. The lowest BCUT2D eigenvalue weighted by Crippen LogP contribution is -1.95. The van der Waals surface area contributed by atoms with Crippen molar-refractivity contribution < 1.29 is 4.79 Å². The smallest absolute Gasteiger partial charge is 0.155 e. The third kappa shape index (κ3) is 5.36. The van der Waals surface area contributed by atoms with Gasteiger partial charge in [0.05, 0.1) is 0 Å². The van der Waals surface area contributed by atoms with Gasteiger partial charge in [0.1, 0.15) is 0 Å². The Hall–Kier alpha value is -0.300. The number of allylic oxidation sites excluding steroid dienone is 2. The molecule has 0 saturated heterocycles. The molecule has 0 amide bonds. The lowest BCUT2D eigenvalue weighted by atomic mass is 10.1. The second-order valence-electron chi connectivity index (χ2n) is 4.45. The van der Waals surface area contributed by atoms with E-state index in [2.05, 4.69) is 13.0 Å². The third-order valence-electron chi connectivity index (χ3n) is 2.99. The van der Waals surface area contributed by atoms with Gasteiger partial charge in [0, 0.05) is 11.8 Å². The summed E-state index contributed by atoms with van der Waals surface area (Å²) in [7, 11) is 0. The summed E-state index contributed by atoms with van der Waals surface area (Å²) < 4.78 is 0. The number of halogens is 1. The molecule has 0 aromatic carbocycles. The van der Waals surface area contributed by atoms with E-state index in [1.54, 1.807) is 6.08 Å². The summed E-state index contributed by atoms with van der Waals surface area (Å²) in [6.07, 6.45) is 11.2. The van der Waals surface area contributed by atoms with Gasteiger partial charge in [0.15, 0.2) is 5.78 Å². The monoisotopic (exact) mass is 228 g/mol. The van der Waals surface area contributed by atoms with Gasteiger partial charge in [-0.15, -0.1) is 11.6 Å². The molecule has 0 unspecified atom stereocenters. The van der Waals surface area contributed by atoms with Crippen molar-refractivity contribution in [2.45, 2.75) is 57.2 Å². The number of ketones is 1. The molecule has 0 bridgehead atoms. The Morgan fingerprint density at radius 3 is 2.80 bits per heavy atom. The minimum atomic E-state index is 0.279. The van der Waals surface area contributed by atoms with Crippen LogP contribution in [0.25, 0.3) is 0 Å². The molecular weight excluding hydrogens is 208 g/mol. The van der Waals surface area contributed by atoms with E-state index in [0.29, 0.717) is 17.7 Å². The average molecular weight is 229 g/mol. The predicted molar refractivity (Wildman–Crippen MR) is 65.3 cm³/mol. The highest BCUT2D eigenvalue weighted by Gasteiger charge is 2.20. The van der Waals surface area contributed by atoms with E-state index in [-0.39, 0.29) is 5.78 Å². The van der Waals surface area contributed by atoms with Gasteiger partial charge in [-0.3, -0.25) is 4.79 Å². The van der Waals surface area contributed by atoms with E-state index >= 15 is 0 Å². The minimum Gasteiger partial charge on any atom is -0.295 e. The van der Waals surface area contributed by atoms with Gasteiger partial charge in [-0.1, -0.05) is 25.8 Å². The van der Waals surface area contributed by atoms with Crippen LogP contribution in [0.4, 0.5) is 0 Å². The van der Waals surface area contributed by atoms with E-state index in [9.17, 15) is 4.79 Å². The number of unbranched alkanes of at least 4 members (excludes halogenated alkanes) is 2. The van der Waals surface area contributed by atoms with Crippen molar-refractivity contribution in [3.05, 3.63) is 12.2 Å². The van der Waals surface area contributed by atoms with Crippen LogP contribution in [0.3, 0.4) is 0 Å². The molecule has 1 nitrogen and oxygen atoms in total. The van der Waals surface area contributed by atoms with Crippen molar-refractivity contribution in [1.29, 1.82) is 0 Å². The maximum Gasteiger partial charge on any atom is 0.155 e. The van der Waals surface area contributed by atoms with E-state index in [1.165, 1.54) is 6.42 Å². The lowest BCUT2D eigenvalue weighted by molar-refractivity contribution is -0.114. The normalized spacial score (nSPS) is 26.3. The molecule has 0 radical (unpaired) electrons.